The van der Waals surface area contributed by atoms with Gasteiger partial charge in [-0.2, -0.15) is 0 Å². The normalized spacial score (nSPS) is 9.92. The molecule has 0 aromatic carbocycles. The Hall–Kier alpha value is -1.84. The van der Waals surface area contributed by atoms with Gasteiger partial charge in [-0.25, -0.2) is 4.98 Å². The van der Waals surface area contributed by atoms with Crippen LogP contribution >= 0.6 is 0 Å². The van der Waals surface area contributed by atoms with E-state index in [4.69, 9.17) is 4.74 Å². The molecule has 0 saturated carbocycles. The van der Waals surface area contributed by atoms with Crippen molar-refractivity contribution in [2.24, 2.45) is 0 Å². The molecule has 0 radical (unpaired) electrons. The fraction of sp³-hybridized carbons (Fsp3) is 0.111. The number of rotatable bonds is 2. The highest BCUT2D eigenvalue weighted by Gasteiger charge is 2.00. The number of hydrogen-bond donors (Lipinski definition) is 1. The van der Waals surface area contributed by atoms with Crippen LogP contribution in [0.15, 0.2) is 30.9 Å². The molecule has 0 unspecified atom stereocenters. The maximum absolute atomic E-state index is 5.08. The largest absolute Gasteiger partial charge is 0.497 e. The highest BCUT2D eigenvalue weighted by molar-refractivity contribution is 5.54. The zero-order valence-electron chi connectivity index (χ0n) is 7.19. The summed E-state index contributed by atoms with van der Waals surface area (Å²) in [6.45, 7) is 0. The van der Waals surface area contributed by atoms with Crippen molar-refractivity contribution in [3.05, 3.63) is 30.9 Å². The number of ether oxygens (including phenoxy) is 1. The molecule has 2 heterocycles. The Morgan fingerprint density at radius 2 is 2.38 bits per heavy atom. The third kappa shape index (κ3) is 1.51. The molecule has 4 nitrogen and oxygen atoms in total. The molecule has 0 fully saturated rings. The number of pyridine rings is 1. The first-order chi connectivity index (χ1) is 6.40. The second kappa shape index (κ2) is 3.26. The van der Waals surface area contributed by atoms with Gasteiger partial charge in [0.1, 0.15) is 5.75 Å². The van der Waals surface area contributed by atoms with Crippen molar-refractivity contribution in [3.8, 4) is 17.1 Å². The second-order valence-electron chi connectivity index (χ2n) is 2.55. The number of nitrogens with one attached hydrogen (secondary N) is 1. The summed E-state index contributed by atoms with van der Waals surface area (Å²) in [5.74, 6) is 0.791. The van der Waals surface area contributed by atoms with E-state index in [9.17, 15) is 0 Å². The van der Waals surface area contributed by atoms with E-state index < -0.39 is 0 Å². The van der Waals surface area contributed by atoms with E-state index in [1.54, 1.807) is 31.9 Å². The molecule has 0 atom stereocenters. The van der Waals surface area contributed by atoms with Crippen LogP contribution in [-0.2, 0) is 0 Å². The van der Waals surface area contributed by atoms with Crippen molar-refractivity contribution in [2.75, 3.05) is 7.11 Å². The van der Waals surface area contributed by atoms with Crippen LogP contribution in [0.3, 0.4) is 0 Å². The zero-order chi connectivity index (χ0) is 9.10. The van der Waals surface area contributed by atoms with Crippen molar-refractivity contribution in [1.82, 2.24) is 15.0 Å². The molecule has 1 N–H and O–H groups in total. The predicted molar refractivity (Wildman–Crippen MR) is 48.4 cm³/mol. The Morgan fingerprint density at radius 3 is 3.08 bits per heavy atom. The molecular formula is C9H9N3O. The predicted octanol–water partition coefficient (Wildman–Crippen LogP) is 1.48. The Bertz CT molecular complexity index is 384. The summed E-state index contributed by atoms with van der Waals surface area (Å²) in [5.41, 5.74) is 1.72. The summed E-state index contributed by atoms with van der Waals surface area (Å²) in [6, 6.07) is 3.66. The Kier molecular flexibility index (Phi) is 1.96. The molecule has 13 heavy (non-hydrogen) atoms. The number of aromatic nitrogens is 3. The summed E-state index contributed by atoms with van der Waals surface area (Å²) in [7, 11) is 1.63. The third-order valence-electron chi connectivity index (χ3n) is 1.74. The van der Waals surface area contributed by atoms with Crippen LogP contribution in [0, 0.1) is 0 Å². The lowest BCUT2D eigenvalue weighted by Crippen LogP contribution is -1.86. The van der Waals surface area contributed by atoms with Gasteiger partial charge in [0.25, 0.3) is 0 Å². The molecule has 2 rings (SSSR count). The first-order valence-electron chi connectivity index (χ1n) is 3.89. The van der Waals surface area contributed by atoms with E-state index >= 15 is 0 Å². The van der Waals surface area contributed by atoms with Gasteiger partial charge < -0.3 is 9.72 Å². The zero-order valence-corrected chi connectivity index (χ0v) is 7.19. The first-order valence-corrected chi connectivity index (χ1v) is 3.89. The van der Waals surface area contributed by atoms with Gasteiger partial charge in [0.15, 0.2) is 0 Å². The van der Waals surface area contributed by atoms with E-state index in [0.717, 1.165) is 17.1 Å². The van der Waals surface area contributed by atoms with Gasteiger partial charge in [0.05, 0.1) is 31.0 Å². The maximum Gasteiger partial charge on any atom is 0.122 e. The molecule has 0 aliphatic carbocycles. The van der Waals surface area contributed by atoms with Crippen LogP contribution in [0.25, 0.3) is 11.4 Å². The number of methoxy groups -OCH3 is 1. The average Bonchev–Trinajstić information content (AvgIpc) is 2.71. The van der Waals surface area contributed by atoms with Gasteiger partial charge >= 0.3 is 0 Å². The third-order valence-corrected chi connectivity index (χ3v) is 1.74. The van der Waals surface area contributed by atoms with E-state index in [2.05, 4.69) is 15.0 Å². The molecule has 66 valence electrons. The van der Waals surface area contributed by atoms with Crippen LogP contribution < -0.4 is 4.74 Å². The number of hydrogen-bond acceptors (Lipinski definition) is 3. The minimum absolute atomic E-state index is 0.791. The highest BCUT2D eigenvalue weighted by Crippen LogP contribution is 2.18. The summed E-state index contributed by atoms with van der Waals surface area (Å²) in [4.78, 5) is 11.1. The number of imidazole rings is 1. The standard InChI is InChI=1S/C9H9N3O/c1-13-7-2-3-11-8(4-7)9-5-10-6-12-9/h2-6H,1H3,(H,10,12). The fourth-order valence-electron chi connectivity index (χ4n) is 1.08. The second-order valence-corrected chi connectivity index (χ2v) is 2.55. The lowest BCUT2D eigenvalue weighted by Gasteiger charge is -2.00. The smallest absolute Gasteiger partial charge is 0.122 e. The highest BCUT2D eigenvalue weighted by atomic mass is 16.5. The van der Waals surface area contributed by atoms with E-state index in [1.807, 2.05) is 6.07 Å². The number of aromatic amines is 1. The SMILES string of the molecule is COc1ccnc(-c2cnc[nH]2)c1. The Morgan fingerprint density at radius 1 is 1.46 bits per heavy atom. The van der Waals surface area contributed by atoms with Crippen LogP contribution in [0.4, 0.5) is 0 Å². The topological polar surface area (TPSA) is 50.8 Å². The van der Waals surface area contributed by atoms with Gasteiger partial charge in [-0.05, 0) is 6.07 Å². The van der Waals surface area contributed by atoms with Gasteiger partial charge in [-0.3, -0.25) is 4.98 Å². The summed E-state index contributed by atoms with van der Waals surface area (Å²) in [5, 5.41) is 0. The van der Waals surface area contributed by atoms with E-state index in [0.29, 0.717) is 0 Å². The minimum Gasteiger partial charge on any atom is -0.497 e. The van der Waals surface area contributed by atoms with Crippen LogP contribution in [0.2, 0.25) is 0 Å². The van der Waals surface area contributed by atoms with E-state index in [-0.39, 0.29) is 0 Å². The molecule has 0 spiro atoms. The maximum atomic E-state index is 5.08. The van der Waals surface area contributed by atoms with Crippen LogP contribution in [-0.4, -0.2) is 22.1 Å². The lowest BCUT2D eigenvalue weighted by atomic mass is 10.3. The molecule has 0 aliphatic rings. The average molecular weight is 175 g/mol. The molecule has 0 bridgehead atoms. The first kappa shape index (κ1) is 7.79. The van der Waals surface area contributed by atoms with Gasteiger partial charge in [-0.1, -0.05) is 0 Å². The van der Waals surface area contributed by atoms with Crippen molar-refractivity contribution in [3.63, 3.8) is 0 Å². The van der Waals surface area contributed by atoms with Crippen molar-refractivity contribution in [2.45, 2.75) is 0 Å². The van der Waals surface area contributed by atoms with Crippen LogP contribution in [0.1, 0.15) is 0 Å². The molecule has 0 saturated heterocycles. The molecule has 0 aliphatic heterocycles. The van der Waals surface area contributed by atoms with Crippen molar-refractivity contribution >= 4 is 0 Å². The van der Waals surface area contributed by atoms with Crippen LogP contribution in [0.5, 0.6) is 5.75 Å². The molecule has 2 aromatic heterocycles. The van der Waals surface area contributed by atoms with Gasteiger partial charge in [0.2, 0.25) is 0 Å². The molecular weight excluding hydrogens is 166 g/mol. The number of H-pyrrole nitrogens is 1. The van der Waals surface area contributed by atoms with Crippen molar-refractivity contribution in [1.29, 1.82) is 0 Å². The summed E-state index contributed by atoms with van der Waals surface area (Å²) >= 11 is 0. The summed E-state index contributed by atoms with van der Waals surface area (Å²) in [6.07, 6.45) is 5.05. The van der Waals surface area contributed by atoms with Crippen molar-refractivity contribution < 1.29 is 4.74 Å². The quantitative estimate of drug-likeness (QED) is 0.752. The van der Waals surface area contributed by atoms with Gasteiger partial charge in [0, 0.05) is 12.3 Å². The molecule has 4 heteroatoms. The lowest BCUT2D eigenvalue weighted by molar-refractivity contribution is 0.414. The minimum atomic E-state index is 0.791. The monoisotopic (exact) mass is 175 g/mol. The number of nitrogens with zero attached hydrogens (tertiary/aromatic N) is 2. The molecule has 0 amide bonds. The Labute approximate surface area is 75.6 Å². The van der Waals surface area contributed by atoms with Gasteiger partial charge in [-0.15, -0.1) is 0 Å². The molecule has 2 aromatic rings. The van der Waals surface area contributed by atoms with E-state index in [1.165, 1.54) is 0 Å². The summed E-state index contributed by atoms with van der Waals surface area (Å²) < 4.78 is 5.08. The fourth-order valence-corrected chi connectivity index (χ4v) is 1.08. The Balaban J connectivity index is 2.41.